The number of benzene rings is 2. The van der Waals surface area contributed by atoms with Crippen LogP contribution in [0.1, 0.15) is 36.5 Å². The van der Waals surface area contributed by atoms with Gasteiger partial charge in [-0.25, -0.2) is 0 Å². The molecule has 144 valence electrons. The first-order valence-corrected chi connectivity index (χ1v) is 9.93. The first-order chi connectivity index (χ1) is 13.1. The van der Waals surface area contributed by atoms with Gasteiger partial charge < -0.3 is 15.0 Å². The normalized spacial score (nSPS) is 14.0. The summed E-state index contributed by atoms with van der Waals surface area (Å²) in [6, 6.07) is 14.5. The summed E-state index contributed by atoms with van der Waals surface area (Å²) in [5, 5.41) is 3.05. The molecule has 0 radical (unpaired) electrons. The predicted octanol–water partition coefficient (Wildman–Crippen LogP) is 4.03. The van der Waals surface area contributed by atoms with E-state index in [1.165, 1.54) is 16.8 Å². The van der Waals surface area contributed by atoms with Crippen LogP contribution in [-0.4, -0.2) is 31.6 Å². The molecule has 0 saturated heterocycles. The molecule has 1 N–H and O–H groups in total. The summed E-state index contributed by atoms with van der Waals surface area (Å²) in [5.74, 6) is 0.769. The Kier molecular flexibility index (Phi) is 6.38. The minimum Gasteiger partial charge on any atom is -0.480 e. The Morgan fingerprint density at radius 3 is 2.81 bits per heavy atom. The van der Waals surface area contributed by atoms with Gasteiger partial charge in [0.25, 0.3) is 5.91 Å². The van der Waals surface area contributed by atoms with Crippen molar-refractivity contribution in [2.45, 2.75) is 46.1 Å². The number of fused-ring (bicyclic) bond motifs is 1. The van der Waals surface area contributed by atoms with Gasteiger partial charge in [0.15, 0.2) is 6.10 Å². The van der Waals surface area contributed by atoms with E-state index in [-0.39, 0.29) is 5.91 Å². The van der Waals surface area contributed by atoms with E-state index >= 15 is 0 Å². The van der Waals surface area contributed by atoms with Crippen LogP contribution >= 0.6 is 0 Å². The van der Waals surface area contributed by atoms with Gasteiger partial charge in [-0.1, -0.05) is 37.3 Å². The second-order valence-corrected chi connectivity index (χ2v) is 7.22. The lowest BCUT2D eigenvalue weighted by atomic mass is 10.1. The van der Waals surface area contributed by atoms with Crippen LogP contribution in [0, 0.1) is 13.8 Å². The van der Waals surface area contributed by atoms with Gasteiger partial charge in [-0.3, -0.25) is 4.79 Å². The molecule has 1 aliphatic heterocycles. The largest absolute Gasteiger partial charge is 0.480 e. The lowest BCUT2D eigenvalue weighted by Gasteiger charge is -2.21. The Labute approximate surface area is 162 Å². The summed E-state index contributed by atoms with van der Waals surface area (Å²) in [6.07, 6.45) is 2.25. The van der Waals surface area contributed by atoms with Gasteiger partial charge in [0.1, 0.15) is 5.75 Å². The van der Waals surface area contributed by atoms with Gasteiger partial charge in [0, 0.05) is 25.3 Å². The van der Waals surface area contributed by atoms with Crippen molar-refractivity contribution < 1.29 is 9.53 Å². The number of hydrogen-bond acceptors (Lipinski definition) is 3. The number of anilines is 1. The fourth-order valence-electron chi connectivity index (χ4n) is 3.56. The van der Waals surface area contributed by atoms with Crippen LogP contribution in [0.4, 0.5) is 5.69 Å². The highest BCUT2D eigenvalue weighted by Gasteiger charge is 2.20. The molecule has 27 heavy (non-hydrogen) atoms. The van der Waals surface area contributed by atoms with Crippen LogP contribution in [0.15, 0.2) is 42.5 Å². The van der Waals surface area contributed by atoms with Crippen molar-refractivity contribution in [2.75, 3.05) is 24.5 Å². The Morgan fingerprint density at radius 1 is 1.19 bits per heavy atom. The van der Waals surface area contributed by atoms with Crippen LogP contribution in [0.5, 0.6) is 5.75 Å². The molecule has 0 unspecified atom stereocenters. The van der Waals surface area contributed by atoms with Gasteiger partial charge in [-0.2, -0.15) is 0 Å². The Bertz CT molecular complexity index is 788. The molecular formula is C23H30N2O2. The second kappa shape index (κ2) is 8.94. The number of para-hydroxylation sites is 1. The number of aryl methyl sites for hydroxylation is 1. The Hall–Kier alpha value is -2.49. The summed E-state index contributed by atoms with van der Waals surface area (Å²) in [5.41, 5.74) is 5.04. The first-order valence-electron chi connectivity index (χ1n) is 9.93. The molecule has 2 aromatic rings. The van der Waals surface area contributed by atoms with E-state index in [1.54, 1.807) is 0 Å². The van der Waals surface area contributed by atoms with Crippen molar-refractivity contribution in [3.05, 3.63) is 59.2 Å². The summed E-state index contributed by atoms with van der Waals surface area (Å²) in [6.45, 7) is 8.77. The Balaban J connectivity index is 1.46. The minimum absolute atomic E-state index is 0.0276. The van der Waals surface area contributed by atoms with Crippen molar-refractivity contribution in [3.63, 3.8) is 0 Å². The number of carbonyl (C=O) groups excluding carboxylic acids is 1. The number of hydrogen-bond donors (Lipinski definition) is 1. The van der Waals surface area contributed by atoms with Crippen molar-refractivity contribution in [1.82, 2.24) is 5.32 Å². The molecule has 0 fully saturated rings. The van der Waals surface area contributed by atoms with Crippen LogP contribution in [0.2, 0.25) is 0 Å². The van der Waals surface area contributed by atoms with Crippen LogP contribution in [-0.2, 0) is 11.2 Å². The maximum Gasteiger partial charge on any atom is 0.261 e. The number of nitrogens with zero attached hydrogens (tertiary/aromatic N) is 1. The average Bonchev–Trinajstić information content (AvgIpc) is 3.09. The van der Waals surface area contributed by atoms with E-state index in [0.29, 0.717) is 13.0 Å². The minimum atomic E-state index is -0.446. The molecule has 0 aliphatic carbocycles. The van der Waals surface area contributed by atoms with Gasteiger partial charge in [0.05, 0.1) is 0 Å². The molecule has 1 heterocycles. The topological polar surface area (TPSA) is 41.6 Å². The summed E-state index contributed by atoms with van der Waals surface area (Å²) in [7, 11) is 0. The third-order valence-corrected chi connectivity index (χ3v) is 5.37. The standard InChI is InChI=1S/C23H30N2O2/c1-4-21(27-22-12-7-9-17(2)18(22)3)23(26)24-14-8-15-25-16-13-19-10-5-6-11-20(19)25/h5-7,9-12,21H,4,8,13-16H2,1-3H3,(H,24,26)/t21-/m1/s1. The molecule has 1 atom stereocenters. The average molecular weight is 367 g/mol. The van der Waals surface area contributed by atoms with E-state index in [9.17, 15) is 4.79 Å². The molecule has 0 bridgehead atoms. The quantitative estimate of drug-likeness (QED) is 0.717. The SMILES string of the molecule is CC[C@@H](Oc1cccc(C)c1C)C(=O)NCCCN1CCc2ccccc21. The third-order valence-electron chi connectivity index (χ3n) is 5.37. The number of rotatable bonds is 8. The molecule has 1 amide bonds. The van der Waals surface area contributed by atoms with Crippen molar-refractivity contribution in [1.29, 1.82) is 0 Å². The fraction of sp³-hybridized carbons (Fsp3) is 0.435. The lowest BCUT2D eigenvalue weighted by molar-refractivity contribution is -0.128. The molecule has 0 aromatic heterocycles. The molecular weight excluding hydrogens is 336 g/mol. The molecule has 4 nitrogen and oxygen atoms in total. The molecule has 0 spiro atoms. The molecule has 0 saturated carbocycles. The third kappa shape index (κ3) is 4.62. The molecule has 3 rings (SSSR count). The summed E-state index contributed by atoms with van der Waals surface area (Å²) in [4.78, 5) is 14.9. The monoisotopic (exact) mass is 366 g/mol. The summed E-state index contributed by atoms with van der Waals surface area (Å²) >= 11 is 0. The highest BCUT2D eigenvalue weighted by atomic mass is 16.5. The predicted molar refractivity (Wildman–Crippen MR) is 111 cm³/mol. The van der Waals surface area contributed by atoms with E-state index in [0.717, 1.165) is 37.2 Å². The van der Waals surface area contributed by atoms with Gasteiger partial charge in [-0.05, 0) is 61.9 Å². The zero-order valence-corrected chi connectivity index (χ0v) is 16.6. The van der Waals surface area contributed by atoms with E-state index < -0.39 is 6.10 Å². The number of ether oxygens (including phenoxy) is 1. The van der Waals surface area contributed by atoms with Crippen molar-refractivity contribution in [2.24, 2.45) is 0 Å². The van der Waals surface area contributed by atoms with Gasteiger partial charge >= 0.3 is 0 Å². The number of nitrogens with one attached hydrogen (secondary N) is 1. The maximum absolute atomic E-state index is 12.5. The van der Waals surface area contributed by atoms with Crippen molar-refractivity contribution >= 4 is 11.6 Å². The van der Waals surface area contributed by atoms with Gasteiger partial charge in [-0.15, -0.1) is 0 Å². The van der Waals surface area contributed by atoms with E-state index in [2.05, 4.69) is 47.5 Å². The first kappa shape index (κ1) is 19.3. The Morgan fingerprint density at radius 2 is 2.00 bits per heavy atom. The fourth-order valence-corrected chi connectivity index (χ4v) is 3.56. The van der Waals surface area contributed by atoms with Crippen LogP contribution in [0.25, 0.3) is 0 Å². The van der Waals surface area contributed by atoms with E-state index in [4.69, 9.17) is 4.74 Å². The number of amides is 1. The maximum atomic E-state index is 12.5. The van der Waals surface area contributed by atoms with E-state index in [1.807, 2.05) is 26.0 Å². The second-order valence-electron chi connectivity index (χ2n) is 7.22. The zero-order chi connectivity index (χ0) is 19.2. The molecule has 2 aromatic carbocycles. The molecule has 4 heteroatoms. The lowest BCUT2D eigenvalue weighted by Crippen LogP contribution is -2.39. The smallest absolute Gasteiger partial charge is 0.261 e. The highest BCUT2D eigenvalue weighted by molar-refractivity contribution is 5.81. The summed E-state index contributed by atoms with van der Waals surface area (Å²) < 4.78 is 5.99. The van der Waals surface area contributed by atoms with Crippen molar-refractivity contribution in [3.8, 4) is 5.75 Å². The zero-order valence-electron chi connectivity index (χ0n) is 16.6. The van der Waals surface area contributed by atoms with Crippen LogP contribution in [0.3, 0.4) is 0 Å². The van der Waals surface area contributed by atoms with Crippen LogP contribution < -0.4 is 15.0 Å². The molecule has 1 aliphatic rings. The number of carbonyl (C=O) groups is 1. The van der Waals surface area contributed by atoms with Gasteiger partial charge in [0.2, 0.25) is 0 Å². The highest BCUT2D eigenvalue weighted by Crippen LogP contribution is 2.27.